The van der Waals surface area contributed by atoms with Crippen molar-refractivity contribution >= 4 is 35.2 Å². The molecule has 200 valence electrons. The molecule has 38 heavy (non-hydrogen) atoms. The third-order valence-corrected chi connectivity index (χ3v) is 5.50. The van der Waals surface area contributed by atoms with Crippen LogP contribution in [0.5, 0.6) is 0 Å². The molecule has 1 aromatic heterocycles. The van der Waals surface area contributed by atoms with Crippen molar-refractivity contribution < 1.29 is 37.8 Å². The van der Waals surface area contributed by atoms with Crippen LogP contribution in [-0.4, -0.2) is 70.4 Å². The summed E-state index contributed by atoms with van der Waals surface area (Å²) in [6.07, 6.45) is -1.64. The van der Waals surface area contributed by atoms with Crippen LogP contribution >= 0.6 is 0 Å². The number of carbonyl (C=O) groups is 3. The number of aromatic nitrogens is 2. The highest BCUT2D eigenvalue weighted by molar-refractivity contribution is 6.06. The number of hydrogen-bond acceptors (Lipinski definition) is 7. The first kappa shape index (κ1) is 27.9. The fourth-order valence-corrected chi connectivity index (χ4v) is 3.55. The summed E-state index contributed by atoms with van der Waals surface area (Å²) in [5.41, 5.74) is 2.97. The number of anilines is 3. The van der Waals surface area contributed by atoms with Crippen molar-refractivity contribution in [1.82, 2.24) is 9.97 Å². The quantitative estimate of drug-likeness (QED) is 0.450. The second-order valence-corrected chi connectivity index (χ2v) is 8.18. The number of aromatic carboxylic acids is 1. The molecule has 1 saturated heterocycles. The lowest BCUT2D eigenvalue weighted by Crippen LogP contribution is -2.47. The predicted octanol–water partition coefficient (Wildman–Crippen LogP) is 3.70. The first-order valence-corrected chi connectivity index (χ1v) is 11.3. The first-order chi connectivity index (χ1) is 18.0. The Morgan fingerprint density at radius 1 is 0.868 bits per heavy atom. The van der Waals surface area contributed by atoms with Gasteiger partial charge < -0.3 is 25.3 Å². The zero-order valence-corrected chi connectivity index (χ0v) is 20.1. The maximum absolute atomic E-state index is 12.8. The summed E-state index contributed by atoms with van der Waals surface area (Å²) >= 11 is 0. The van der Waals surface area contributed by atoms with E-state index in [4.69, 9.17) is 9.90 Å². The molecule has 0 aliphatic carbocycles. The number of benzene rings is 2. The summed E-state index contributed by atoms with van der Waals surface area (Å²) in [7, 11) is 0. The van der Waals surface area contributed by atoms with Gasteiger partial charge in [0.05, 0.1) is 16.9 Å². The van der Waals surface area contributed by atoms with E-state index in [1.165, 1.54) is 6.07 Å². The van der Waals surface area contributed by atoms with E-state index in [0.29, 0.717) is 30.3 Å². The summed E-state index contributed by atoms with van der Waals surface area (Å²) in [6.45, 7) is 4.78. The fraction of sp³-hybridized carbons (Fsp3) is 0.240. The van der Waals surface area contributed by atoms with E-state index in [1.54, 1.807) is 42.7 Å². The minimum Gasteiger partial charge on any atom is -0.478 e. The molecule has 2 aromatic carbocycles. The van der Waals surface area contributed by atoms with Gasteiger partial charge in [-0.05, 0) is 43.3 Å². The van der Waals surface area contributed by atoms with Crippen LogP contribution in [-0.2, 0) is 4.79 Å². The second kappa shape index (κ2) is 12.0. The SMILES string of the molecule is Cc1ccc(C(=O)Nc2cc(C(=O)O)ccc2N2CCN(c3ncccn3)CC2)cc1.O=C(O)C(F)(F)F. The van der Waals surface area contributed by atoms with E-state index in [-0.39, 0.29) is 11.5 Å². The fourth-order valence-electron chi connectivity index (χ4n) is 3.55. The third-order valence-electron chi connectivity index (χ3n) is 5.50. The molecule has 0 spiro atoms. The number of rotatable bonds is 5. The zero-order chi connectivity index (χ0) is 27.9. The minimum atomic E-state index is -5.08. The zero-order valence-electron chi connectivity index (χ0n) is 20.1. The number of halogens is 3. The van der Waals surface area contributed by atoms with Crippen molar-refractivity contribution in [2.75, 3.05) is 41.3 Å². The monoisotopic (exact) mass is 531 g/mol. The summed E-state index contributed by atoms with van der Waals surface area (Å²) < 4.78 is 31.7. The van der Waals surface area contributed by atoms with Crippen molar-refractivity contribution in [1.29, 1.82) is 0 Å². The van der Waals surface area contributed by atoms with Crippen LogP contribution in [0.2, 0.25) is 0 Å². The molecule has 1 aliphatic rings. The van der Waals surface area contributed by atoms with Gasteiger partial charge in [-0.3, -0.25) is 4.79 Å². The number of amides is 1. The molecule has 0 saturated carbocycles. The molecule has 0 bridgehead atoms. The minimum absolute atomic E-state index is 0.124. The number of piperazine rings is 1. The van der Waals surface area contributed by atoms with Crippen molar-refractivity contribution in [3.05, 3.63) is 77.6 Å². The van der Waals surface area contributed by atoms with E-state index >= 15 is 0 Å². The van der Waals surface area contributed by atoms with Crippen LogP contribution in [0.1, 0.15) is 26.3 Å². The number of carboxylic acid groups (broad SMARTS) is 2. The standard InChI is InChI=1S/C23H23N5O3.C2HF3O2/c1-16-3-5-17(6-4-16)21(29)26-19-15-18(22(30)31)7-8-20(19)27-11-13-28(14-12-27)23-24-9-2-10-25-23;3-2(4,5)1(6)7/h2-10,15H,11-14H2,1H3,(H,26,29)(H,30,31);(H,6,7). The Bertz CT molecular complexity index is 1280. The maximum Gasteiger partial charge on any atom is 0.490 e. The van der Waals surface area contributed by atoms with Gasteiger partial charge in [-0.2, -0.15) is 13.2 Å². The lowest BCUT2D eigenvalue weighted by molar-refractivity contribution is -0.192. The molecule has 0 atom stereocenters. The molecular weight excluding hydrogens is 507 g/mol. The van der Waals surface area contributed by atoms with E-state index in [1.807, 2.05) is 19.1 Å². The Hall–Kier alpha value is -4.68. The Kier molecular flexibility index (Phi) is 8.84. The summed E-state index contributed by atoms with van der Waals surface area (Å²) in [6, 6.07) is 13.9. The van der Waals surface area contributed by atoms with E-state index in [0.717, 1.165) is 24.3 Å². The maximum atomic E-state index is 12.8. The molecular formula is C25H24F3N5O5. The highest BCUT2D eigenvalue weighted by Crippen LogP contribution is 2.29. The van der Waals surface area contributed by atoms with Gasteiger partial charge in [0.2, 0.25) is 5.95 Å². The Morgan fingerprint density at radius 3 is 1.92 bits per heavy atom. The average Bonchev–Trinajstić information content (AvgIpc) is 2.89. The molecule has 13 heteroatoms. The van der Waals surface area contributed by atoms with Gasteiger partial charge in [0.1, 0.15) is 0 Å². The Labute approximate surface area is 215 Å². The number of hydrogen-bond donors (Lipinski definition) is 3. The molecule has 3 N–H and O–H groups in total. The van der Waals surface area contributed by atoms with Gasteiger partial charge in [-0.15, -0.1) is 0 Å². The van der Waals surface area contributed by atoms with Gasteiger partial charge in [-0.25, -0.2) is 19.6 Å². The normalized spacial score (nSPS) is 13.3. The Morgan fingerprint density at radius 2 is 1.39 bits per heavy atom. The summed E-state index contributed by atoms with van der Waals surface area (Å²) in [5.74, 6) is -3.38. The van der Waals surface area contributed by atoms with E-state index in [9.17, 15) is 27.9 Å². The van der Waals surface area contributed by atoms with Crippen molar-refractivity contribution in [2.24, 2.45) is 0 Å². The number of aliphatic carboxylic acids is 1. The molecule has 4 rings (SSSR count). The molecule has 1 aliphatic heterocycles. The smallest absolute Gasteiger partial charge is 0.478 e. The number of nitrogens with one attached hydrogen (secondary N) is 1. The third kappa shape index (κ3) is 7.41. The number of alkyl halides is 3. The second-order valence-electron chi connectivity index (χ2n) is 8.18. The summed E-state index contributed by atoms with van der Waals surface area (Å²) in [5, 5.41) is 19.4. The number of carbonyl (C=O) groups excluding carboxylic acids is 1. The largest absolute Gasteiger partial charge is 0.490 e. The van der Waals surface area contributed by atoms with Crippen LogP contribution in [0.25, 0.3) is 0 Å². The summed E-state index contributed by atoms with van der Waals surface area (Å²) in [4.78, 5) is 46.0. The first-order valence-electron chi connectivity index (χ1n) is 11.3. The molecule has 2 heterocycles. The van der Waals surface area contributed by atoms with E-state index < -0.39 is 18.1 Å². The molecule has 10 nitrogen and oxygen atoms in total. The molecule has 1 fully saturated rings. The number of nitrogens with zero attached hydrogens (tertiary/aromatic N) is 4. The van der Waals surface area contributed by atoms with Crippen molar-refractivity contribution in [3.8, 4) is 0 Å². The number of aryl methyl sites for hydroxylation is 1. The molecule has 0 radical (unpaired) electrons. The topological polar surface area (TPSA) is 136 Å². The van der Waals surface area contributed by atoms with Crippen LogP contribution in [0.4, 0.5) is 30.5 Å². The van der Waals surface area contributed by atoms with Gasteiger partial charge in [0.15, 0.2) is 0 Å². The molecule has 3 aromatic rings. The average molecular weight is 531 g/mol. The van der Waals surface area contributed by atoms with Gasteiger partial charge >= 0.3 is 18.1 Å². The van der Waals surface area contributed by atoms with Crippen LogP contribution in [0.15, 0.2) is 60.9 Å². The molecule has 0 unspecified atom stereocenters. The van der Waals surface area contributed by atoms with Crippen molar-refractivity contribution in [3.63, 3.8) is 0 Å². The highest BCUT2D eigenvalue weighted by Gasteiger charge is 2.38. The highest BCUT2D eigenvalue weighted by atomic mass is 19.4. The van der Waals surface area contributed by atoms with E-state index in [2.05, 4.69) is 25.1 Å². The van der Waals surface area contributed by atoms with Crippen LogP contribution in [0, 0.1) is 6.92 Å². The predicted molar refractivity (Wildman–Crippen MR) is 133 cm³/mol. The lowest BCUT2D eigenvalue weighted by atomic mass is 10.1. The molecule has 1 amide bonds. The van der Waals surface area contributed by atoms with Crippen LogP contribution in [0.3, 0.4) is 0 Å². The lowest BCUT2D eigenvalue weighted by Gasteiger charge is -2.37. The van der Waals surface area contributed by atoms with Crippen LogP contribution < -0.4 is 15.1 Å². The number of carboxylic acids is 2. The van der Waals surface area contributed by atoms with Gasteiger partial charge in [-0.1, -0.05) is 17.7 Å². The van der Waals surface area contributed by atoms with Gasteiger partial charge in [0.25, 0.3) is 5.91 Å². The Balaban J connectivity index is 0.000000505. The van der Waals surface area contributed by atoms with Gasteiger partial charge in [0, 0.05) is 44.1 Å². The van der Waals surface area contributed by atoms with Crippen molar-refractivity contribution in [2.45, 2.75) is 13.1 Å².